The highest BCUT2D eigenvalue weighted by Crippen LogP contribution is 2.35. The van der Waals surface area contributed by atoms with E-state index in [9.17, 15) is 19.7 Å². The molecule has 0 aliphatic carbocycles. The van der Waals surface area contributed by atoms with Crippen molar-refractivity contribution < 1.29 is 19.2 Å². The molecule has 2 atom stereocenters. The van der Waals surface area contributed by atoms with Crippen LogP contribution in [0.15, 0.2) is 30.3 Å². The summed E-state index contributed by atoms with van der Waals surface area (Å²) in [6, 6.07) is 8.45. The van der Waals surface area contributed by atoms with Crippen molar-refractivity contribution >= 4 is 33.7 Å². The van der Waals surface area contributed by atoms with Gasteiger partial charge >= 0.3 is 5.69 Å². The normalized spacial score (nSPS) is 19.1. The van der Waals surface area contributed by atoms with Crippen LogP contribution in [0.25, 0.3) is 0 Å². The zero-order valence-corrected chi connectivity index (χ0v) is 17.3. The molecule has 0 unspecified atom stereocenters. The minimum atomic E-state index is -0.503. The number of benzene rings is 1. The van der Waals surface area contributed by atoms with E-state index in [0.29, 0.717) is 35.1 Å². The molecule has 9 heteroatoms. The molecule has 29 heavy (non-hydrogen) atoms. The second kappa shape index (κ2) is 8.71. The number of nitrogens with one attached hydrogen (secondary N) is 1. The molecule has 1 amide bonds. The fourth-order valence-electron chi connectivity index (χ4n) is 3.29. The molecule has 0 radical (unpaired) electrons. The number of nitro groups is 1. The summed E-state index contributed by atoms with van der Waals surface area (Å²) in [4.78, 5) is 37.0. The van der Waals surface area contributed by atoms with Gasteiger partial charge in [0.15, 0.2) is 10.8 Å². The Labute approximate surface area is 172 Å². The SMILES string of the molecule is CC(=O)c1cc([N+](=O)[O-])c(NCc2ccc(C(=O)N3C[C@@H](C)O[C@H](C)C3)cc2)s1. The van der Waals surface area contributed by atoms with Gasteiger partial charge in [0.05, 0.1) is 22.0 Å². The Kier molecular flexibility index (Phi) is 6.29. The summed E-state index contributed by atoms with van der Waals surface area (Å²) in [7, 11) is 0. The van der Waals surface area contributed by atoms with Crippen molar-refractivity contribution in [3.8, 4) is 0 Å². The Hall–Kier alpha value is -2.78. The van der Waals surface area contributed by atoms with Gasteiger partial charge in [-0.25, -0.2) is 0 Å². The summed E-state index contributed by atoms with van der Waals surface area (Å²) in [6.07, 6.45) is 0.0142. The zero-order chi connectivity index (χ0) is 21.1. The van der Waals surface area contributed by atoms with Crippen molar-refractivity contribution in [1.82, 2.24) is 4.90 Å². The predicted molar refractivity (Wildman–Crippen MR) is 111 cm³/mol. The van der Waals surface area contributed by atoms with Crippen LogP contribution in [-0.2, 0) is 11.3 Å². The van der Waals surface area contributed by atoms with E-state index in [4.69, 9.17) is 4.74 Å². The van der Waals surface area contributed by atoms with E-state index in [1.165, 1.54) is 13.0 Å². The Balaban J connectivity index is 1.66. The van der Waals surface area contributed by atoms with Crippen LogP contribution in [0.5, 0.6) is 0 Å². The lowest BCUT2D eigenvalue weighted by atomic mass is 10.1. The molecule has 1 aliphatic heterocycles. The average Bonchev–Trinajstić information content (AvgIpc) is 3.10. The van der Waals surface area contributed by atoms with E-state index < -0.39 is 4.92 Å². The minimum Gasteiger partial charge on any atom is -0.372 e. The number of carbonyl (C=O) groups excluding carboxylic acids is 2. The van der Waals surface area contributed by atoms with Gasteiger partial charge in [-0.15, -0.1) is 11.3 Å². The predicted octanol–water partition coefficient (Wildman–Crippen LogP) is 3.72. The van der Waals surface area contributed by atoms with Gasteiger partial charge in [-0.3, -0.25) is 19.7 Å². The van der Waals surface area contributed by atoms with Gasteiger partial charge in [0.1, 0.15) is 0 Å². The van der Waals surface area contributed by atoms with Gasteiger partial charge in [0.25, 0.3) is 5.91 Å². The van der Waals surface area contributed by atoms with E-state index in [1.807, 2.05) is 26.0 Å². The average molecular weight is 417 g/mol. The number of hydrogen-bond donors (Lipinski definition) is 1. The van der Waals surface area contributed by atoms with Crippen molar-refractivity contribution in [3.05, 3.63) is 56.5 Å². The summed E-state index contributed by atoms with van der Waals surface area (Å²) >= 11 is 1.07. The topological polar surface area (TPSA) is 102 Å². The van der Waals surface area contributed by atoms with E-state index >= 15 is 0 Å². The van der Waals surface area contributed by atoms with Crippen LogP contribution in [0.2, 0.25) is 0 Å². The van der Waals surface area contributed by atoms with Crippen LogP contribution in [-0.4, -0.2) is 46.8 Å². The van der Waals surface area contributed by atoms with Gasteiger partial charge in [0.2, 0.25) is 0 Å². The Morgan fingerprint density at radius 2 is 1.86 bits per heavy atom. The van der Waals surface area contributed by atoms with E-state index in [2.05, 4.69) is 5.32 Å². The second-order valence-corrected chi connectivity index (χ2v) is 8.21. The largest absolute Gasteiger partial charge is 0.372 e. The van der Waals surface area contributed by atoms with Gasteiger partial charge in [-0.2, -0.15) is 0 Å². The molecule has 3 rings (SSSR count). The molecule has 1 aromatic heterocycles. The highest BCUT2D eigenvalue weighted by molar-refractivity contribution is 7.18. The maximum Gasteiger partial charge on any atom is 0.304 e. The molecule has 0 spiro atoms. The smallest absolute Gasteiger partial charge is 0.304 e. The molecule has 2 aromatic rings. The van der Waals surface area contributed by atoms with E-state index in [1.54, 1.807) is 17.0 Å². The monoisotopic (exact) mass is 417 g/mol. The lowest BCUT2D eigenvalue weighted by Gasteiger charge is -2.35. The first-order valence-electron chi connectivity index (χ1n) is 9.31. The number of Topliss-reactive ketones (excluding diaryl/α,β-unsaturated/α-hetero) is 1. The fourth-order valence-corrected chi connectivity index (χ4v) is 4.21. The molecule has 1 fully saturated rings. The maximum atomic E-state index is 12.7. The third-order valence-corrected chi connectivity index (χ3v) is 5.80. The third kappa shape index (κ3) is 4.99. The summed E-state index contributed by atoms with van der Waals surface area (Å²) in [5, 5.41) is 14.6. The molecule has 154 valence electrons. The molecule has 1 aliphatic rings. The van der Waals surface area contributed by atoms with Crippen LogP contribution in [0.1, 0.15) is 46.4 Å². The molecule has 1 N–H and O–H groups in total. The standard InChI is InChI=1S/C20H23N3O5S/c1-12-10-22(11-13(2)28-12)20(25)16-6-4-15(5-7-16)9-21-19-17(23(26)27)8-18(29-19)14(3)24/h4-8,12-13,21H,9-11H2,1-3H3/t12-,13-/m1/s1. The Bertz CT molecular complexity index is 915. The molecule has 1 saturated heterocycles. The highest BCUT2D eigenvalue weighted by Gasteiger charge is 2.26. The first kappa shape index (κ1) is 20.9. The Morgan fingerprint density at radius 3 is 2.41 bits per heavy atom. The number of thiophene rings is 1. The number of morpholine rings is 1. The lowest BCUT2D eigenvalue weighted by Crippen LogP contribution is -2.48. The van der Waals surface area contributed by atoms with Crippen molar-refractivity contribution in [3.63, 3.8) is 0 Å². The van der Waals surface area contributed by atoms with E-state index in [-0.39, 0.29) is 29.6 Å². The van der Waals surface area contributed by atoms with Crippen LogP contribution >= 0.6 is 11.3 Å². The summed E-state index contributed by atoms with van der Waals surface area (Å²) in [5.74, 6) is -0.243. The van der Waals surface area contributed by atoms with Crippen molar-refractivity contribution in [2.75, 3.05) is 18.4 Å². The van der Waals surface area contributed by atoms with Crippen molar-refractivity contribution in [2.24, 2.45) is 0 Å². The van der Waals surface area contributed by atoms with Crippen molar-refractivity contribution in [2.45, 2.75) is 39.5 Å². The van der Waals surface area contributed by atoms with Crippen LogP contribution in [0.4, 0.5) is 10.7 Å². The zero-order valence-electron chi connectivity index (χ0n) is 16.5. The van der Waals surface area contributed by atoms with Crippen molar-refractivity contribution in [1.29, 1.82) is 0 Å². The van der Waals surface area contributed by atoms with Gasteiger partial charge in [-0.05, 0) is 38.5 Å². The third-order valence-electron chi connectivity index (χ3n) is 4.62. The maximum absolute atomic E-state index is 12.7. The summed E-state index contributed by atoms with van der Waals surface area (Å²) in [5.41, 5.74) is 1.36. The number of carbonyl (C=O) groups is 2. The van der Waals surface area contributed by atoms with Crippen LogP contribution in [0, 0.1) is 10.1 Å². The minimum absolute atomic E-state index is 0.00709. The molecule has 0 saturated carbocycles. The molecule has 8 nitrogen and oxygen atoms in total. The number of ketones is 1. The quantitative estimate of drug-likeness (QED) is 0.437. The van der Waals surface area contributed by atoms with Crippen LogP contribution in [0.3, 0.4) is 0 Å². The van der Waals surface area contributed by atoms with Gasteiger partial charge in [0, 0.05) is 31.3 Å². The highest BCUT2D eigenvalue weighted by atomic mass is 32.1. The fraction of sp³-hybridized carbons (Fsp3) is 0.400. The number of ether oxygens (including phenoxy) is 1. The number of amides is 1. The molecule has 0 bridgehead atoms. The molecule has 1 aromatic carbocycles. The first-order valence-corrected chi connectivity index (χ1v) is 10.1. The number of hydrogen-bond acceptors (Lipinski definition) is 7. The number of rotatable bonds is 6. The molecular formula is C20H23N3O5S. The second-order valence-electron chi connectivity index (χ2n) is 7.16. The number of anilines is 1. The first-order chi connectivity index (χ1) is 13.7. The van der Waals surface area contributed by atoms with Gasteiger partial charge in [-0.1, -0.05) is 12.1 Å². The van der Waals surface area contributed by atoms with Gasteiger partial charge < -0.3 is 15.0 Å². The van der Waals surface area contributed by atoms with Crippen LogP contribution < -0.4 is 5.32 Å². The number of nitrogens with zero attached hydrogens (tertiary/aromatic N) is 2. The lowest BCUT2D eigenvalue weighted by molar-refractivity contribution is -0.383. The summed E-state index contributed by atoms with van der Waals surface area (Å²) < 4.78 is 5.67. The van der Waals surface area contributed by atoms with E-state index in [0.717, 1.165) is 16.9 Å². The Morgan fingerprint density at radius 1 is 1.24 bits per heavy atom. The molecular weight excluding hydrogens is 394 g/mol. The molecule has 2 heterocycles. The summed E-state index contributed by atoms with van der Waals surface area (Å²) in [6.45, 7) is 6.75.